The SMILES string of the molecule is CCN(CC)S(=O)(=O)c1ccc(CNC(=O)[C@@H](N)C(C)C)cc1. The van der Waals surface area contributed by atoms with Gasteiger partial charge in [-0.3, -0.25) is 4.79 Å². The molecule has 0 aliphatic heterocycles. The third kappa shape index (κ3) is 5.02. The van der Waals surface area contributed by atoms with Gasteiger partial charge in [-0.2, -0.15) is 4.31 Å². The van der Waals surface area contributed by atoms with Gasteiger partial charge in [0.1, 0.15) is 0 Å². The van der Waals surface area contributed by atoms with Crippen molar-refractivity contribution in [2.45, 2.75) is 45.2 Å². The second kappa shape index (κ2) is 8.42. The van der Waals surface area contributed by atoms with Crippen LogP contribution in [0.5, 0.6) is 0 Å². The molecule has 0 bridgehead atoms. The van der Waals surface area contributed by atoms with E-state index in [0.29, 0.717) is 19.6 Å². The van der Waals surface area contributed by atoms with Crippen LogP contribution >= 0.6 is 0 Å². The molecule has 0 unspecified atom stereocenters. The van der Waals surface area contributed by atoms with E-state index in [1.165, 1.54) is 4.31 Å². The minimum atomic E-state index is -3.45. The zero-order valence-electron chi connectivity index (χ0n) is 14.2. The van der Waals surface area contributed by atoms with E-state index >= 15 is 0 Å². The van der Waals surface area contributed by atoms with E-state index in [4.69, 9.17) is 5.73 Å². The van der Waals surface area contributed by atoms with Crippen molar-refractivity contribution in [2.75, 3.05) is 13.1 Å². The predicted molar refractivity (Wildman–Crippen MR) is 91.2 cm³/mol. The summed E-state index contributed by atoms with van der Waals surface area (Å²) in [6.45, 7) is 8.58. The lowest BCUT2D eigenvalue weighted by atomic mass is 10.0. The van der Waals surface area contributed by atoms with Crippen LogP contribution < -0.4 is 11.1 Å². The number of nitrogens with zero attached hydrogens (tertiary/aromatic N) is 1. The number of rotatable bonds is 8. The molecule has 0 fully saturated rings. The number of carbonyl (C=O) groups excluding carboxylic acids is 1. The number of benzene rings is 1. The van der Waals surface area contributed by atoms with Gasteiger partial charge in [-0.15, -0.1) is 0 Å². The Bertz CT molecular complexity index is 608. The highest BCUT2D eigenvalue weighted by Gasteiger charge is 2.21. The maximum Gasteiger partial charge on any atom is 0.243 e. The molecule has 6 nitrogen and oxygen atoms in total. The zero-order valence-corrected chi connectivity index (χ0v) is 15.1. The van der Waals surface area contributed by atoms with Gasteiger partial charge in [-0.25, -0.2) is 8.42 Å². The van der Waals surface area contributed by atoms with Crippen LogP contribution in [0.15, 0.2) is 29.2 Å². The molecule has 7 heteroatoms. The summed E-state index contributed by atoms with van der Waals surface area (Å²) < 4.78 is 26.2. The van der Waals surface area contributed by atoms with Crippen molar-refractivity contribution in [3.05, 3.63) is 29.8 Å². The first-order chi connectivity index (χ1) is 10.7. The summed E-state index contributed by atoms with van der Waals surface area (Å²) in [4.78, 5) is 12.1. The Hall–Kier alpha value is -1.44. The first-order valence-corrected chi connectivity index (χ1v) is 9.30. The molecule has 1 aromatic rings. The van der Waals surface area contributed by atoms with Crippen molar-refractivity contribution >= 4 is 15.9 Å². The van der Waals surface area contributed by atoms with E-state index in [-0.39, 0.29) is 16.7 Å². The van der Waals surface area contributed by atoms with Crippen molar-refractivity contribution in [3.8, 4) is 0 Å². The Kier molecular flexibility index (Phi) is 7.18. The van der Waals surface area contributed by atoms with Crippen LogP contribution in [0.2, 0.25) is 0 Å². The molecule has 0 heterocycles. The molecular weight excluding hydrogens is 314 g/mol. The molecule has 0 aliphatic carbocycles. The minimum absolute atomic E-state index is 0.0663. The van der Waals surface area contributed by atoms with Gasteiger partial charge < -0.3 is 11.1 Å². The molecule has 0 saturated carbocycles. The van der Waals surface area contributed by atoms with E-state index in [1.54, 1.807) is 24.3 Å². The molecule has 0 saturated heterocycles. The average Bonchev–Trinajstić information content (AvgIpc) is 2.53. The van der Waals surface area contributed by atoms with Crippen LogP contribution in [0.25, 0.3) is 0 Å². The molecule has 1 atom stereocenters. The standard InChI is InChI=1S/C16H27N3O3S/c1-5-19(6-2)23(21,22)14-9-7-13(8-10-14)11-18-16(20)15(17)12(3)4/h7-10,12,15H,5-6,11,17H2,1-4H3,(H,18,20)/t15-/m0/s1. The monoisotopic (exact) mass is 341 g/mol. The third-order valence-electron chi connectivity index (χ3n) is 3.75. The quantitative estimate of drug-likeness (QED) is 0.746. The molecule has 23 heavy (non-hydrogen) atoms. The Labute approximate surface area is 139 Å². The van der Waals surface area contributed by atoms with Crippen molar-refractivity contribution in [1.82, 2.24) is 9.62 Å². The molecule has 0 aliphatic rings. The Morgan fingerprint density at radius 2 is 1.70 bits per heavy atom. The minimum Gasteiger partial charge on any atom is -0.351 e. The predicted octanol–water partition coefficient (Wildman–Crippen LogP) is 1.32. The van der Waals surface area contributed by atoms with Crippen LogP contribution in [0.4, 0.5) is 0 Å². The normalized spacial score (nSPS) is 13.3. The van der Waals surface area contributed by atoms with Gasteiger partial charge in [0.05, 0.1) is 10.9 Å². The Morgan fingerprint density at radius 3 is 2.13 bits per heavy atom. The topological polar surface area (TPSA) is 92.5 Å². The van der Waals surface area contributed by atoms with Gasteiger partial charge in [0.15, 0.2) is 0 Å². The first-order valence-electron chi connectivity index (χ1n) is 7.86. The number of hydrogen-bond donors (Lipinski definition) is 2. The Morgan fingerprint density at radius 1 is 1.17 bits per heavy atom. The molecule has 130 valence electrons. The lowest BCUT2D eigenvalue weighted by Gasteiger charge is -2.18. The van der Waals surface area contributed by atoms with Gasteiger partial charge in [0.2, 0.25) is 15.9 Å². The number of carbonyl (C=O) groups is 1. The van der Waals surface area contributed by atoms with Crippen LogP contribution in [0.1, 0.15) is 33.3 Å². The van der Waals surface area contributed by atoms with E-state index in [2.05, 4.69) is 5.32 Å². The average molecular weight is 341 g/mol. The van der Waals surface area contributed by atoms with Gasteiger partial charge in [-0.05, 0) is 23.6 Å². The maximum atomic E-state index is 12.4. The summed E-state index contributed by atoms with van der Waals surface area (Å²) in [6.07, 6.45) is 0. The number of hydrogen-bond acceptors (Lipinski definition) is 4. The summed E-state index contributed by atoms with van der Waals surface area (Å²) in [5.74, 6) is -0.142. The fourth-order valence-corrected chi connectivity index (χ4v) is 3.56. The molecule has 0 aromatic heterocycles. The highest BCUT2D eigenvalue weighted by atomic mass is 32.2. The van der Waals surface area contributed by atoms with Crippen LogP contribution in [-0.2, 0) is 21.4 Å². The lowest BCUT2D eigenvalue weighted by Crippen LogP contribution is -2.43. The van der Waals surface area contributed by atoms with Crippen LogP contribution in [0.3, 0.4) is 0 Å². The number of nitrogens with one attached hydrogen (secondary N) is 1. The van der Waals surface area contributed by atoms with Crippen molar-refractivity contribution in [1.29, 1.82) is 0 Å². The lowest BCUT2D eigenvalue weighted by molar-refractivity contribution is -0.123. The molecule has 1 aromatic carbocycles. The molecule has 3 N–H and O–H groups in total. The molecule has 0 spiro atoms. The van der Waals surface area contributed by atoms with E-state index in [0.717, 1.165) is 5.56 Å². The van der Waals surface area contributed by atoms with Crippen molar-refractivity contribution < 1.29 is 13.2 Å². The molecular formula is C16H27N3O3S. The third-order valence-corrected chi connectivity index (χ3v) is 5.82. The summed E-state index contributed by atoms with van der Waals surface area (Å²) in [5, 5.41) is 2.76. The van der Waals surface area contributed by atoms with Gasteiger partial charge in [0.25, 0.3) is 0 Å². The van der Waals surface area contributed by atoms with Crippen molar-refractivity contribution in [2.24, 2.45) is 11.7 Å². The molecule has 1 amide bonds. The van der Waals surface area contributed by atoms with Gasteiger partial charge >= 0.3 is 0 Å². The smallest absolute Gasteiger partial charge is 0.243 e. The number of sulfonamides is 1. The zero-order chi connectivity index (χ0) is 17.6. The molecule has 0 radical (unpaired) electrons. The van der Waals surface area contributed by atoms with Gasteiger partial charge in [-0.1, -0.05) is 39.8 Å². The highest BCUT2D eigenvalue weighted by Crippen LogP contribution is 2.16. The summed E-state index contributed by atoms with van der Waals surface area (Å²) in [5.41, 5.74) is 6.60. The van der Waals surface area contributed by atoms with E-state index in [1.807, 2.05) is 27.7 Å². The number of nitrogens with two attached hydrogens (primary N) is 1. The fraction of sp³-hybridized carbons (Fsp3) is 0.562. The second-order valence-corrected chi connectivity index (χ2v) is 7.66. The molecule has 1 rings (SSSR count). The van der Waals surface area contributed by atoms with E-state index in [9.17, 15) is 13.2 Å². The van der Waals surface area contributed by atoms with Gasteiger partial charge in [0, 0.05) is 19.6 Å². The first kappa shape index (κ1) is 19.6. The summed E-state index contributed by atoms with van der Waals surface area (Å²) >= 11 is 0. The second-order valence-electron chi connectivity index (χ2n) is 5.72. The van der Waals surface area contributed by atoms with Crippen LogP contribution in [-0.4, -0.2) is 37.8 Å². The maximum absolute atomic E-state index is 12.4. The number of amides is 1. The van der Waals surface area contributed by atoms with Crippen molar-refractivity contribution in [3.63, 3.8) is 0 Å². The van der Waals surface area contributed by atoms with E-state index < -0.39 is 16.1 Å². The van der Waals surface area contributed by atoms with Crippen LogP contribution in [0, 0.1) is 5.92 Å². The summed E-state index contributed by atoms with van der Waals surface area (Å²) in [6, 6.07) is 6.00. The highest BCUT2D eigenvalue weighted by molar-refractivity contribution is 7.89. The fourth-order valence-electron chi connectivity index (χ4n) is 2.10. The Balaban J connectivity index is 2.76. The largest absolute Gasteiger partial charge is 0.351 e. The summed E-state index contributed by atoms with van der Waals surface area (Å²) in [7, 11) is -3.45.